The summed E-state index contributed by atoms with van der Waals surface area (Å²) in [6.07, 6.45) is 2.05. The molecule has 1 aliphatic heterocycles. The van der Waals surface area contributed by atoms with E-state index >= 15 is 0 Å². The largest absolute Gasteiger partial charge is 0.367 e. The monoisotopic (exact) mass is 333 g/mol. The molecule has 0 aliphatic carbocycles. The van der Waals surface area contributed by atoms with E-state index in [2.05, 4.69) is 24.8 Å². The summed E-state index contributed by atoms with van der Waals surface area (Å²) in [7, 11) is 0. The van der Waals surface area contributed by atoms with Crippen molar-refractivity contribution in [2.75, 3.05) is 24.5 Å². The van der Waals surface area contributed by atoms with E-state index in [1.807, 2.05) is 17.0 Å². The second-order valence-electron chi connectivity index (χ2n) is 6.56. The number of halogens is 1. The van der Waals surface area contributed by atoms with E-state index in [4.69, 9.17) is 16.9 Å². The Kier molecular flexibility index (Phi) is 5.90. The van der Waals surface area contributed by atoms with E-state index in [9.17, 15) is 4.79 Å². The molecule has 1 aromatic carbocycles. The first-order valence-corrected chi connectivity index (χ1v) is 8.52. The molecule has 124 valence electrons. The van der Waals surface area contributed by atoms with Gasteiger partial charge in [-0.25, -0.2) is 0 Å². The Hall–Kier alpha value is -1.73. The van der Waals surface area contributed by atoms with Crippen molar-refractivity contribution in [3.63, 3.8) is 0 Å². The number of benzene rings is 1. The van der Waals surface area contributed by atoms with E-state index in [0.717, 1.165) is 38.2 Å². The van der Waals surface area contributed by atoms with Crippen molar-refractivity contribution in [2.24, 2.45) is 5.92 Å². The molecule has 1 aliphatic rings. The fraction of sp³-hybridized carbons (Fsp3) is 0.556. The zero-order chi connectivity index (χ0) is 17.0. The van der Waals surface area contributed by atoms with Gasteiger partial charge >= 0.3 is 0 Å². The van der Waals surface area contributed by atoms with Crippen molar-refractivity contribution in [2.45, 2.75) is 39.7 Å². The van der Waals surface area contributed by atoms with Crippen LogP contribution in [0.3, 0.4) is 0 Å². The Morgan fingerprint density at radius 2 is 2.26 bits per heavy atom. The summed E-state index contributed by atoms with van der Waals surface area (Å²) in [4.78, 5) is 15.8. The maximum absolute atomic E-state index is 11.6. The minimum absolute atomic E-state index is 0.133. The van der Waals surface area contributed by atoms with E-state index in [-0.39, 0.29) is 5.91 Å². The van der Waals surface area contributed by atoms with Crippen molar-refractivity contribution in [1.29, 1.82) is 5.26 Å². The molecular weight excluding hydrogens is 310 g/mol. The summed E-state index contributed by atoms with van der Waals surface area (Å²) < 4.78 is 0. The van der Waals surface area contributed by atoms with Gasteiger partial charge in [-0.1, -0.05) is 25.4 Å². The molecule has 0 bridgehead atoms. The van der Waals surface area contributed by atoms with E-state index in [0.29, 0.717) is 22.5 Å². The SMILES string of the molecule is CC(=O)N1CCC(N(CCC(C)C)c2ccc(C#N)c(Cl)c2)C1. The molecule has 0 saturated carbocycles. The van der Waals surface area contributed by atoms with Gasteiger partial charge in [0.1, 0.15) is 6.07 Å². The summed E-state index contributed by atoms with van der Waals surface area (Å²) in [6.45, 7) is 8.53. The van der Waals surface area contributed by atoms with Gasteiger partial charge in [-0.2, -0.15) is 5.26 Å². The molecule has 0 radical (unpaired) electrons. The second-order valence-corrected chi connectivity index (χ2v) is 6.97. The lowest BCUT2D eigenvalue weighted by Gasteiger charge is -2.32. The van der Waals surface area contributed by atoms with Crippen LogP contribution in [0.4, 0.5) is 5.69 Å². The highest BCUT2D eigenvalue weighted by molar-refractivity contribution is 6.32. The molecule has 5 heteroatoms. The highest BCUT2D eigenvalue weighted by Crippen LogP contribution is 2.28. The predicted molar refractivity (Wildman–Crippen MR) is 93.6 cm³/mol. The summed E-state index contributed by atoms with van der Waals surface area (Å²) >= 11 is 6.21. The Balaban J connectivity index is 2.22. The van der Waals surface area contributed by atoms with Gasteiger partial charge in [0.2, 0.25) is 5.91 Å². The first-order valence-electron chi connectivity index (χ1n) is 8.14. The molecule has 0 spiro atoms. The Labute approximate surface area is 143 Å². The quantitative estimate of drug-likeness (QED) is 0.825. The predicted octanol–water partition coefficient (Wildman–Crippen LogP) is 3.68. The number of nitriles is 1. The number of hydrogen-bond acceptors (Lipinski definition) is 3. The van der Waals surface area contributed by atoms with Crippen LogP contribution < -0.4 is 4.90 Å². The number of rotatable bonds is 5. The topological polar surface area (TPSA) is 47.3 Å². The zero-order valence-corrected chi connectivity index (χ0v) is 14.8. The number of nitrogens with zero attached hydrogens (tertiary/aromatic N) is 3. The number of carbonyl (C=O) groups excluding carboxylic acids is 1. The smallest absolute Gasteiger partial charge is 0.219 e. The Morgan fingerprint density at radius 1 is 1.52 bits per heavy atom. The first-order chi connectivity index (χ1) is 10.9. The highest BCUT2D eigenvalue weighted by Gasteiger charge is 2.29. The third kappa shape index (κ3) is 4.39. The van der Waals surface area contributed by atoms with Crippen LogP contribution in [0.2, 0.25) is 5.02 Å². The Morgan fingerprint density at radius 3 is 2.78 bits per heavy atom. The number of hydrogen-bond donors (Lipinski definition) is 0. The maximum Gasteiger partial charge on any atom is 0.219 e. The highest BCUT2D eigenvalue weighted by atomic mass is 35.5. The molecule has 4 nitrogen and oxygen atoms in total. The average molecular weight is 334 g/mol. The average Bonchev–Trinajstić information content (AvgIpc) is 2.97. The number of amides is 1. The van der Waals surface area contributed by atoms with E-state index < -0.39 is 0 Å². The minimum Gasteiger partial charge on any atom is -0.367 e. The molecule has 23 heavy (non-hydrogen) atoms. The molecule has 1 heterocycles. The summed E-state index contributed by atoms with van der Waals surface area (Å²) in [5.41, 5.74) is 1.53. The third-order valence-corrected chi connectivity index (χ3v) is 4.71. The molecule has 0 N–H and O–H groups in total. The summed E-state index contributed by atoms with van der Waals surface area (Å²) in [5.74, 6) is 0.742. The standard InChI is InChI=1S/C18H24ClN3O/c1-13(2)6-9-22(17-7-8-21(12-17)14(3)23)16-5-4-15(11-20)18(19)10-16/h4-5,10,13,17H,6-9,12H2,1-3H3. The van der Waals surface area contributed by atoms with Gasteiger partial charge in [0, 0.05) is 38.3 Å². The van der Waals surface area contributed by atoms with Crippen molar-refractivity contribution < 1.29 is 4.79 Å². The van der Waals surface area contributed by atoms with Gasteiger partial charge in [-0.05, 0) is 37.0 Å². The number of carbonyl (C=O) groups is 1. The number of anilines is 1. The first kappa shape index (κ1) is 17.6. The fourth-order valence-corrected chi connectivity index (χ4v) is 3.19. The van der Waals surface area contributed by atoms with Crippen molar-refractivity contribution in [3.8, 4) is 6.07 Å². The van der Waals surface area contributed by atoms with Crippen LogP contribution in [0.1, 0.15) is 39.2 Å². The fourth-order valence-electron chi connectivity index (χ4n) is 2.98. The molecule has 0 aromatic heterocycles. The van der Waals surface area contributed by atoms with Crippen molar-refractivity contribution >= 4 is 23.2 Å². The van der Waals surface area contributed by atoms with E-state index in [1.54, 1.807) is 13.0 Å². The Bertz CT molecular complexity index is 609. The van der Waals surface area contributed by atoms with Crippen LogP contribution in [0.15, 0.2) is 18.2 Å². The molecule has 1 unspecified atom stereocenters. The second kappa shape index (κ2) is 7.70. The molecule has 1 aromatic rings. The van der Waals surface area contributed by atoms with Crippen LogP contribution in [0.5, 0.6) is 0 Å². The van der Waals surface area contributed by atoms with Gasteiger partial charge in [-0.15, -0.1) is 0 Å². The van der Waals surface area contributed by atoms with Crippen molar-refractivity contribution in [3.05, 3.63) is 28.8 Å². The lowest BCUT2D eigenvalue weighted by molar-refractivity contribution is -0.127. The van der Waals surface area contributed by atoms with E-state index in [1.165, 1.54) is 0 Å². The van der Waals surface area contributed by atoms with Crippen LogP contribution in [0.25, 0.3) is 0 Å². The van der Waals surface area contributed by atoms with Gasteiger partial charge in [0.25, 0.3) is 0 Å². The van der Waals surface area contributed by atoms with Crippen LogP contribution in [-0.2, 0) is 4.79 Å². The van der Waals surface area contributed by atoms with Gasteiger partial charge in [0.15, 0.2) is 0 Å². The van der Waals surface area contributed by atoms with Gasteiger partial charge in [0.05, 0.1) is 10.6 Å². The summed E-state index contributed by atoms with van der Waals surface area (Å²) in [5, 5.41) is 9.53. The zero-order valence-electron chi connectivity index (χ0n) is 14.1. The van der Waals surface area contributed by atoms with Gasteiger partial charge in [-0.3, -0.25) is 4.79 Å². The van der Waals surface area contributed by atoms with Crippen LogP contribution >= 0.6 is 11.6 Å². The molecule has 1 saturated heterocycles. The van der Waals surface area contributed by atoms with Gasteiger partial charge < -0.3 is 9.80 Å². The molecular formula is C18H24ClN3O. The molecule has 1 amide bonds. The minimum atomic E-state index is 0.133. The maximum atomic E-state index is 11.6. The lowest BCUT2D eigenvalue weighted by Crippen LogP contribution is -2.39. The molecule has 1 fully saturated rings. The molecule has 1 atom stereocenters. The van der Waals surface area contributed by atoms with Crippen LogP contribution in [-0.4, -0.2) is 36.5 Å². The summed E-state index contributed by atoms with van der Waals surface area (Å²) in [6, 6.07) is 8.01. The molecule has 2 rings (SSSR count). The lowest BCUT2D eigenvalue weighted by atomic mass is 10.1. The van der Waals surface area contributed by atoms with Crippen molar-refractivity contribution in [1.82, 2.24) is 4.90 Å². The third-order valence-electron chi connectivity index (χ3n) is 4.40. The normalized spacial score (nSPS) is 17.4. The number of likely N-dealkylation sites (tertiary alicyclic amines) is 1. The van der Waals surface area contributed by atoms with Crippen LogP contribution in [0, 0.1) is 17.2 Å².